The van der Waals surface area contributed by atoms with Crippen LogP contribution in [-0.4, -0.2) is 79.5 Å². The van der Waals surface area contributed by atoms with Gasteiger partial charge in [-0.3, -0.25) is 9.69 Å². The zero-order chi connectivity index (χ0) is 20.6. The van der Waals surface area contributed by atoms with Crippen molar-refractivity contribution >= 4 is 46.7 Å². The van der Waals surface area contributed by atoms with Crippen LogP contribution in [0.25, 0.3) is 10.9 Å². The second kappa shape index (κ2) is 12.1. The average Bonchev–Trinajstić information content (AvgIpc) is 3.34. The van der Waals surface area contributed by atoms with Gasteiger partial charge in [-0.1, -0.05) is 25.1 Å². The average molecular weight is 526 g/mol. The predicted molar refractivity (Wildman–Crippen MR) is 135 cm³/mol. The third kappa shape index (κ3) is 6.87. The van der Waals surface area contributed by atoms with Crippen molar-refractivity contribution < 1.29 is 4.79 Å². The molecule has 3 N–H and O–H groups in total. The van der Waals surface area contributed by atoms with Gasteiger partial charge in [-0.25, -0.2) is 4.99 Å². The summed E-state index contributed by atoms with van der Waals surface area (Å²) in [5.41, 5.74) is 2.35. The first-order chi connectivity index (χ1) is 14.1. The molecule has 0 saturated carbocycles. The number of hydrogen-bond acceptors (Lipinski definition) is 3. The van der Waals surface area contributed by atoms with Gasteiger partial charge in [0.05, 0.1) is 0 Å². The van der Waals surface area contributed by atoms with Gasteiger partial charge in [-0.05, 0) is 43.5 Å². The molecule has 1 aliphatic rings. The molecule has 0 spiro atoms. The number of likely N-dealkylation sites (tertiary alicyclic amines) is 1. The first-order valence-corrected chi connectivity index (χ1v) is 10.6. The van der Waals surface area contributed by atoms with E-state index >= 15 is 0 Å². The van der Waals surface area contributed by atoms with E-state index in [2.05, 4.69) is 56.7 Å². The van der Waals surface area contributed by atoms with Crippen LogP contribution in [0.4, 0.5) is 0 Å². The molecule has 30 heavy (non-hydrogen) atoms. The molecule has 1 unspecified atom stereocenters. The summed E-state index contributed by atoms with van der Waals surface area (Å²) < 4.78 is 0. The highest BCUT2D eigenvalue weighted by molar-refractivity contribution is 14.0. The number of aliphatic imine (C=N–C) groups is 1. The zero-order valence-corrected chi connectivity index (χ0v) is 20.6. The Balaban J connectivity index is 0.00000320. The molecule has 1 fully saturated rings. The van der Waals surface area contributed by atoms with E-state index in [1.54, 1.807) is 19.0 Å². The number of nitrogens with zero attached hydrogens (tertiary/aromatic N) is 3. The van der Waals surface area contributed by atoms with Gasteiger partial charge >= 0.3 is 0 Å². The lowest BCUT2D eigenvalue weighted by atomic mass is 10.2. The molecule has 1 aromatic heterocycles. The van der Waals surface area contributed by atoms with Crippen molar-refractivity contribution in [2.24, 2.45) is 4.99 Å². The lowest BCUT2D eigenvalue weighted by molar-refractivity contribution is -0.127. The molecule has 1 aromatic carbocycles. The van der Waals surface area contributed by atoms with Crippen LogP contribution in [0.15, 0.2) is 35.3 Å². The Kier molecular flexibility index (Phi) is 9.90. The highest BCUT2D eigenvalue weighted by atomic mass is 127. The van der Waals surface area contributed by atoms with Crippen LogP contribution in [0.1, 0.15) is 25.5 Å². The molecule has 3 rings (SSSR count). The Morgan fingerprint density at radius 1 is 1.30 bits per heavy atom. The molecular formula is C22H35IN6O. The van der Waals surface area contributed by atoms with Crippen LogP contribution in [0.5, 0.6) is 0 Å². The normalized spacial score (nSPS) is 17.0. The van der Waals surface area contributed by atoms with E-state index in [1.807, 2.05) is 6.07 Å². The monoisotopic (exact) mass is 526 g/mol. The molecule has 1 atom stereocenters. The summed E-state index contributed by atoms with van der Waals surface area (Å²) in [6, 6.07) is 11.0. The Labute approximate surface area is 196 Å². The number of aromatic amines is 1. The zero-order valence-electron chi connectivity index (χ0n) is 18.3. The number of benzene rings is 1. The van der Waals surface area contributed by atoms with Crippen LogP contribution in [0.2, 0.25) is 0 Å². The number of rotatable bonds is 8. The Bertz CT molecular complexity index is 801. The van der Waals surface area contributed by atoms with E-state index in [1.165, 1.54) is 30.5 Å². The second-order valence-corrected chi connectivity index (χ2v) is 7.82. The molecule has 1 saturated heterocycles. The van der Waals surface area contributed by atoms with Crippen molar-refractivity contribution in [3.05, 3.63) is 36.0 Å². The molecule has 1 aliphatic heterocycles. The largest absolute Gasteiger partial charge is 0.358 e. The van der Waals surface area contributed by atoms with Crippen molar-refractivity contribution in [1.29, 1.82) is 0 Å². The number of carbonyl (C=O) groups excluding carboxylic acids is 1. The summed E-state index contributed by atoms with van der Waals surface area (Å²) in [5, 5.41) is 8.07. The number of aromatic nitrogens is 1. The van der Waals surface area contributed by atoms with Crippen molar-refractivity contribution in [1.82, 2.24) is 25.4 Å². The molecule has 166 valence electrons. The SMILES string of the molecule is CCN1CCCC1CNC(=NCC(=O)N(C)C)NCCc1cc2ccccc2[nH]1.I. The smallest absolute Gasteiger partial charge is 0.243 e. The molecule has 2 aromatic rings. The van der Waals surface area contributed by atoms with E-state index < -0.39 is 0 Å². The van der Waals surface area contributed by atoms with E-state index in [-0.39, 0.29) is 36.4 Å². The maximum absolute atomic E-state index is 12.0. The first-order valence-electron chi connectivity index (χ1n) is 10.6. The number of likely N-dealkylation sites (N-methyl/N-ethyl adjacent to an activating group) is 2. The molecule has 0 bridgehead atoms. The lowest BCUT2D eigenvalue weighted by Crippen LogP contribution is -2.45. The van der Waals surface area contributed by atoms with Gasteiger partial charge in [0.15, 0.2) is 5.96 Å². The van der Waals surface area contributed by atoms with Crippen molar-refractivity contribution in [3.63, 3.8) is 0 Å². The minimum absolute atomic E-state index is 0. The van der Waals surface area contributed by atoms with Crippen LogP contribution in [0, 0.1) is 0 Å². The Morgan fingerprint density at radius 3 is 2.83 bits per heavy atom. The van der Waals surface area contributed by atoms with Gasteiger partial charge < -0.3 is 20.5 Å². The number of amides is 1. The molecule has 8 heteroatoms. The second-order valence-electron chi connectivity index (χ2n) is 7.82. The third-order valence-electron chi connectivity index (χ3n) is 5.55. The number of hydrogen-bond donors (Lipinski definition) is 3. The molecule has 2 heterocycles. The van der Waals surface area contributed by atoms with Crippen molar-refractivity contribution in [2.45, 2.75) is 32.2 Å². The van der Waals surface area contributed by atoms with Crippen molar-refractivity contribution in [3.8, 4) is 0 Å². The van der Waals surface area contributed by atoms with E-state index in [4.69, 9.17) is 0 Å². The maximum atomic E-state index is 12.0. The molecule has 1 amide bonds. The van der Waals surface area contributed by atoms with Gasteiger partial charge in [0, 0.05) is 50.9 Å². The Morgan fingerprint density at radius 2 is 2.10 bits per heavy atom. The predicted octanol–water partition coefficient (Wildman–Crippen LogP) is 2.44. The third-order valence-corrected chi connectivity index (χ3v) is 5.55. The summed E-state index contributed by atoms with van der Waals surface area (Å²) in [7, 11) is 3.51. The first kappa shape index (κ1) is 24.5. The molecular weight excluding hydrogens is 491 g/mol. The summed E-state index contributed by atoms with van der Waals surface area (Å²) in [6.07, 6.45) is 3.32. The van der Waals surface area contributed by atoms with Crippen LogP contribution < -0.4 is 10.6 Å². The van der Waals surface area contributed by atoms with Crippen molar-refractivity contribution in [2.75, 3.05) is 46.8 Å². The number of fused-ring (bicyclic) bond motifs is 1. The summed E-state index contributed by atoms with van der Waals surface area (Å²) in [4.78, 5) is 24.0. The quantitative estimate of drug-likeness (QED) is 0.281. The number of halogens is 1. The summed E-state index contributed by atoms with van der Waals surface area (Å²) >= 11 is 0. The van der Waals surface area contributed by atoms with Crippen LogP contribution in [-0.2, 0) is 11.2 Å². The van der Waals surface area contributed by atoms with E-state index in [0.717, 1.165) is 31.6 Å². The van der Waals surface area contributed by atoms with Gasteiger partial charge in [0.2, 0.25) is 5.91 Å². The fourth-order valence-electron chi connectivity index (χ4n) is 3.80. The fourth-order valence-corrected chi connectivity index (χ4v) is 3.80. The lowest BCUT2D eigenvalue weighted by Gasteiger charge is -2.24. The number of H-pyrrole nitrogens is 1. The van der Waals surface area contributed by atoms with Gasteiger partial charge in [-0.2, -0.15) is 0 Å². The van der Waals surface area contributed by atoms with Crippen LogP contribution >= 0.6 is 24.0 Å². The van der Waals surface area contributed by atoms with Crippen LogP contribution in [0.3, 0.4) is 0 Å². The standard InChI is InChI=1S/C22H34N6O.HI/c1-4-28-13-7-9-19(28)15-24-22(25-16-21(29)27(2)3)23-12-11-18-14-17-8-5-6-10-20(17)26-18;/h5-6,8,10,14,19,26H,4,7,9,11-13,15-16H2,1-3H3,(H2,23,24,25);1H. The topological polar surface area (TPSA) is 75.8 Å². The van der Waals surface area contributed by atoms with E-state index in [0.29, 0.717) is 12.0 Å². The number of guanidine groups is 1. The molecule has 0 aliphatic carbocycles. The minimum atomic E-state index is -0.00207. The Hall–Kier alpha value is -1.81. The van der Waals surface area contributed by atoms with E-state index in [9.17, 15) is 4.79 Å². The highest BCUT2D eigenvalue weighted by Gasteiger charge is 2.22. The number of nitrogens with one attached hydrogen (secondary N) is 3. The minimum Gasteiger partial charge on any atom is -0.358 e. The molecule has 7 nitrogen and oxygen atoms in total. The summed E-state index contributed by atoms with van der Waals surface area (Å²) in [6.45, 7) is 6.20. The number of carbonyl (C=O) groups is 1. The van der Waals surface area contributed by atoms with Gasteiger partial charge in [0.25, 0.3) is 0 Å². The molecule has 0 radical (unpaired) electrons. The number of para-hydroxylation sites is 1. The maximum Gasteiger partial charge on any atom is 0.243 e. The van der Waals surface area contributed by atoms with Gasteiger partial charge in [-0.15, -0.1) is 24.0 Å². The van der Waals surface area contributed by atoms with Gasteiger partial charge in [0.1, 0.15) is 6.54 Å². The highest BCUT2D eigenvalue weighted by Crippen LogP contribution is 2.16. The fraction of sp³-hybridized carbons (Fsp3) is 0.545. The summed E-state index contributed by atoms with van der Waals surface area (Å²) in [5.74, 6) is 0.706.